The van der Waals surface area contributed by atoms with Gasteiger partial charge in [-0.2, -0.15) is 0 Å². The quantitative estimate of drug-likeness (QED) is 0.699. The molecule has 1 aromatic heterocycles. The zero-order chi connectivity index (χ0) is 17.6. The molecule has 7 heteroatoms. The molecule has 1 unspecified atom stereocenters. The van der Waals surface area contributed by atoms with Crippen molar-refractivity contribution in [3.05, 3.63) is 58.3 Å². The molecular formula is C18H16BrN3O2S. The number of nitrogens with zero attached hydrogens (tertiary/aromatic N) is 2. The molecule has 0 bridgehead atoms. The van der Waals surface area contributed by atoms with E-state index in [9.17, 15) is 8.42 Å². The van der Waals surface area contributed by atoms with Crippen LogP contribution in [0.1, 0.15) is 23.6 Å². The van der Waals surface area contributed by atoms with E-state index < -0.39 is 9.84 Å². The predicted octanol–water partition coefficient (Wildman–Crippen LogP) is 3.90. The van der Waals surface area contributed by atoms with E-state index in [1.54, 1.807) is 18.2 Å². The standard InChI is InChI=1S/C18H16BrN3O2S/c1-25(23,24)11-5-7-16-14(9-11)18(21-10-20-16)22-17-8-6-12-13(17)3-2-4-15(12)19/h2-5,7,9-10,17H,6,8H2,1H3,(H,20,21,22). The summed E-state index contributed by atoms with van der Waals surface area (Å²) in [6, 6.07) is 11.3. The number of halogens is 1. The Hall–Kier alpha value is -1.99. The van der Waals surface area contributed by atoms with Crippen LogP contribution in [-0.4, -0.2) is 24.6 Å². The van der Waals surface area contributed by atoms with Crippen LogP contribution in [0.2, 0.25) is 0 Å². The monoisotopic (exact) mass is 417 g/mol. The van der Waals surface area contributed by atoms with Crippen LogP contribution < -0.4 is 5.32 Å². The first-order valence-corrected chi connectivity index (χ1v) is 10.6. The number of fused-ring (bicyclic) bond motifs is 2. The molecule has 1 heterocycles. The van der Waals surface area contributed by atoms with Gasteiger partial charge in [-0.15, -0.1) is 0 Å². The molecule has 25 heavy (non-hydrogen) atoms. The van der Waals surface area contributed by atoms with Crippen LogP contribution in [0.25, 0.3) is 10.9 Å². The van der Waals surface area contributed by atoms with E-state index in [-0.39, 0.29) is 10.9 Å². The Bertz CT molecular complexity index is 1080. The molecule has 0 radical (unpaired) electrons. The second-order valence-electron chi connectivity index (χ2n) is 6.22. The fraction of sp³-hybridized carbons (Fsp3) is 0.222. The van der Waals surface area contributed by atoms with E-state index in [1.165, 1.54) is 23.7 Å². The third-order valence-electron chi connectivity index (χ3n) is 4.56. The predicted molar refractivity (Wildman–Crippen MR) is 101 cm³/mol. The summed E-state index contributed by atoms with van der Waals surface area (Å²) < 4.78 is 24.9. The molecule has 1 aliphatic carbocycles. The molecule has 128 valence electrons. The summed E-state index contributed by atoms with van der Waals surface area (Å²) in [5.41, 5.74) is 3.29. The maximum atomic E-state index is 11.9. The molecule has 1 aliphatic rings. The topological polar surface area (TPSA) is 72.0 Å². The highest BCUT2D eigenvalue weighted by Crippen LogP contribution is 2.38. The Kier molecular flexibility index (Phi) is 4.00. The van der Waals surface area contributed by atoms with Crippen molar-refractivity contribution in [2.75, 3.05) is 11.6 Å². The smallest absolute Gasteiger partial charge is 0.175 e. The molecule has 2 aromatic carbocycles. The second-order valence-corrected chi connectivity index (χ2v) is 9.09. The summed E-state index contributed by atoms with van der Waals surface area (Å²) >= 11 is 3.61. The van der Waals surface area contributed by atoms with Crippen LogP contribution in [0.3, 0.4) is 0 Å². The Labute approximate surface area is 154 Å². The zero-order valence-electron chi connectivity index (χ0n) is 13.5. The fourth-order valence-electron chi connectivity index (χ4n) is 3.31. The summed E-state index contributed by atoms with van der Waals surface area (Å²) in [5.74, 6) is 0.660. The van der Waals surface area contributed by atoms with Gasteiger partial charge in [0.05, 0.1) is 16.5 Å². The SMILES string of the molecule is CS(=O)(=O)c1ccc2ncnc(NC3CCc4c(Br)cccc43)c2c1. The average molecular weight is 418 g/mol. The highest BCUT2D eigenvalue weighted by Gasteiger charge is 2.24. The maximum absolute atomic E-state index is 11.9. The molecule has 1 N–H and O–H groups in total. The van der Waals surface area contributed by atoms with Gasteiger partial charge >= 0.3 is 0 Å². The number of nitrogens with one attached hydrogen (secondary N) is 1. The van der Waals surface area contributed by atoms with Crippen molar-refractivity contribution in [3.8, 4) is 0 Å². The molecule has 0 saturated carbocycles. The molecule has 3 aromatic rings. The third-order valence-corrected chi connectivity index (χ3v) is 6.41. The van der Waals surface area contributed by atoms with Gasteiger partial charge in [0.1, 0.15) is 12.1 Å². The van der Waals surface area contributed by atoms with E-state index in [4.69, 9.17) is 0 Å². The molecule has 0 fully saturated rings. The van der Waals surface area contributed by atoms with Crippen LogP contribution in [0.5, 0.6) is 0 Å². The number of hydrogen-bond acceptors (Lipinski definition) is 5. The summed E-state index contributed by atoms with van der Waals surface area (Å²) in [4.78, 5) is 8.88. The minimum Gasteiger partial charge on any atom is -0.363 e. The maximum Gasteiger partial charge on any atom is 0.175 e. The van der Waals surface area contributed by atoms with Gasteiger partial charge in [-0.25, -0.2) is 18.4 Å². The molecule has 0 aliphatic heterocycles. The van der Waals surface area contributed by atoms with Gasteiger partial charge in [-0.3, -0.25) is 0 Å². The van der Waals surface area contributed by atoms with E-state index >= 15 is 0 Å². The van der Waals surface area contributed by atoms with Gasteiger partial charge in [0.2, 0.25) is 0 Å². The van der Waals surface area contributed by atoms with Crippen LogP contribution in [-0.2, 0) is 16.3 Å². The minimum absolute atomic E-state index is 0.146. The number of benzene rings is 2. The lowest BCUT2D eigenvalue weighted by molar-refractivity contribution is 0.602. The normalized spacial score (nSPS) is 16.8. The van der Waals surface area contributed by atoms with E-state index in [1.807, 2.05) is 6.07 Å². The van der Waals surface area contributed by atoms with Crippen molar-refractivity contribution >= 4 is 42.5 Å². The molecule has 0 spiro atoms. The lowest BCUT2D eigenvalue weighted by atomic mass is 10.1. The van der Waals surface area contributed by atoms with Crippen LogP contribution >= 0.6 is 15.9 Å². The molecule has 4 rings (SSSR count). The summed E-state index contributed by atoms with van der Waals surface area (Å²) in [6.07, 6.45) is 4.67. The first kappa shape index (κ1) is 16.5. The first-order valence-electron chi connectivity index (χ1n) is 7.92. The lowest BCUT2D eigenvalue weighted by Crippen LogP contribution is -2.09. The van der Waals surface area contributed by atoms with Crippen LogP contribution in [0, 0.1) is 0 Å². The Morgan fingerprint density at radius 2 is 2.04 bits per heavy atom. The van der Waals surface area contributed by atoms with Crippen molar-refractivity contribution in [2.24, 2.45) is 0 Å². The van der Waals surface area contributed by atoms with Gasteiger partial charge < -0.3 is 5.32 Å². The number of sulfone groups is 1. The number of rotatable bonds is 3. The number of anilines is 1. The van der Waals surface area contributed by atoms with Gasteiger partial charge in [-0.05, 0) is 48.2 Å². The van der Waals surface area contributed by atoms with Crippen molar-refractivity contribution in [1.82, 2.24) is 9.97 Å². The summed E-state index contributed by atoms with van der Waals surface area (Å²) in [5, 5.41) is 4.20. The van der Waals surface area contributed by atoms with Crippen molar-refractivity contribution in [1.29, 1.82) is 0 Å². The average Bonchev–Trinajstić information content (AvgIpc) is 2.98. The van der Waals surface area contributed by atoms with Crippen LogP contribution in [0.15, 0.2) is 52.1 Å². The molecule has 1 atom stereocenters. The number of aromatic nitrogens is 2. The van der Waals surface area contributed by atoms with Gasteiger partial charge in [0.25, 0.3) is 0 Å². The summed E-state index contributed by atoms with van der Waals surface area (Å²) in [7, 11) is -3.28. The fourth-order valence-corrected chi connectivity index (χ4v) is 4.53. The van der Waals surface area contributed by atoms with E-state index in [0.29, 0.717) is 11.2 Å². The third kappa shape index (κ3) is 3.02. The van der Waals surface area contributed by atoms with Gasteiger partial charge in [0.15, 0.2) is 9.84 Å². The zero-order valence-corrected chi connectivity index (χ0v) is 15.9. The van der Waals surface area contributed by atoms with Gasteiger partial charge in [-0.1, -0.05) is 28.1 Å². The first-order chi connectivity index (χ1) is 11.9. The molecule has 0 amide bonds. The van der Waals surface area contributed by atoms with Crippen molar-refractivity contribution in [2.45, 2.75) is 23.8 Å². The molecule has 5 nitrogen and oxygen atoms in total. The highest BCUT2D eigenvalue weighted by molar-refractivity contribution is 9.10. The highest BCUT2D eigenvalue weighted by atomic mass is 79.9. The van der Waals surface area contributed by atoms with Crippen molar-refractivity contribution < 1.29 is 8.42 Å². The van der Waals surface area contributed by atoms with Gasteiger partial charge in [0, 0.05) is 16.1 Å². The summed E-state index contributed by atoms with van der Waals surface area (Å²) in [6.45, 7) is 0. The lowest BCUT2D eigenvalue weighted by Gasteiger charge is -2.16. The minimum atomic E-state index is -3.28. The molecular weight excluding hydrogens is 402 g/mol. The Morgan fingerprint density at radius 3 is 2.84 bits per heavy atom. The second kappa shape index (κ2) is 6.07. The molecule has 0 saturated heterocycles. The van der Waals surface area contributed by atoms with Crippen molar-refractivity contribution in [3.63, 3.8) is 0 Å². The number of hydrogen-bond donors (Lipinski definition) is 1. The Morgan fingerprint density at radius 1 is 1.20 bits per heavy atom. The van der Waals surface area contributed by atoms with E-state index in [0.717, 1.165) is 22.8 Å². The van der Waals surface area contributed by atoms with E-state index in [2.05, 4.69) is 43.3 Å². The largest absolute Gasteiger partial charge is 0.363 e. The Balaban J connectivity index is 1.77. The van der Waals surface area contributed by atoms with Crippen LogP contribution in [0.4, 0.5) is 5.82 Å².